The number of carbonyl (C=O) groups is 1. The van der Waals surface area contributed by atoms with E-state index in [1.807, 2.05) is 0 Å². The molecule has 0 spiro atoms. The highest BCUT2D eigenvalue weighted by Crippen LogP contribution is 2.10. The van der Waals surface area contributed by atoms with E-state index in [4.69, 9.17) is 5.11 Å². The molecule has 1 aromatic heterocycles. The first-order valence-electron chi connectivity index (χ1n) is 9.80. The average molecular weight is 355 g/mol. The quantitative estimate of drug-likeness (QED) is 0.463. The Labute approximate surface area is 153 Å². The second-order valence-corrected chi connectivity index (χ2v) is 6.83. The molecule has 5 heteroatoms. The van der Waals surface area contributed by atoms with E-state index in [-0.39, 0.29) is 0 Å². The van der Waals surface area contributed by atoms with Crippen molar-refractivity contribution in [3.8, 4) is 0 Å². The summed E-state index contributed by atoms with van der Waals surface area (Å²) >= 11 is 0. The first-order chi connectivity index (χ1) is 11.9. The number of unbranched alkanes of at least 4 members (excludes halogenated alkanes) is 9. The minimum absolute atomic E-state index is 1.13. The Kier molecular flexibility index (Phi) is 14.1. The van der Waals surface area contributed by atoms with Crippen molar-refractivity contribution in [2.75, 3.05) is 0 Å². The molecule has 0 aromatic carbocycles. The van der Waals surface area contributed by atoms with Gasteiger partial charge in [0.15, 0.2) is 0 Å². The van der Waals surface area contributed by atoms with Crippen LogP contribution in [0.4, 0.5) is 0 Å². The number of aliphatic carboxylic acids is 1. The van der Waals surface area contributed by atoms with E-state index < -0.39 is 12.1 Å². The molecule has 25 heavy (non-hydrogen) atoms. The minimum atomic E-state index is -1.44. The van der Waals surface area contributed by atoms with Crippen LogP contribution in [0.3, 0.4) is 0 Å². The van der Waals surface area contributed by atoms with Gasteiger partial charge in [0.25, 0.3) is 5.82 Å². The molecule has 0 saturated carbocycles. The summed E-state index contributed by atoms with van der Waals surface area (Å²) in [7, 11) is 2.12. The monoisotopic (exact) mass is 354 g/mol. The molecule has 1 rings (SSSR count). The third-order valence-corrected chi connectivity index (χ3v) is 4.49. The fourth-order valence-electron chi connectivity index (χ4n) is 2.60. The van der Waals surface area contributed by atoms with E-state index >= 15 is 0 Å². The standard InChI is InChI=1S/C17H33N2.C3H6O3/c1-4-5-6-7-8-9-10-11-12-13-14-19-16-15-18(3)17(19)2;1-2(4)3(5)6/h15-16H,4-14H2,1-3H3;2,4H,1H3,(H,5,6)/q+1;/p-1. The number of aliphatic hydroxyl groups is 1. The molecule has 5 nitrogen and oxygen atoms in total. The molecular weight excluding hydrogens is 316 g/mol. The Hall–Kier alpha value is -1.36. The Bertz CT molecular complexity index is 456. The zero-order valence-electron chi connectivity index (χ0n) is 16.7. The first-order valence-corrected chi connectivity index (χ1v) is 9.80. The van der Waals surface area contributed by atoms with Gasteiger partial charge in [-0.05, 0) is 19.8 Å². The number of nitrogens with zero attached hydrogens (tertiary/aromatic N) is 2. The number of aromatic nitrogens is 2. The van der Waals surface area contributed by atoms with Gasteiger partial charge in [-0.1, -0.05) is 58.3 Å². The molecule has 1 aromatic rings. The summed E-state index contributed by atoms with van der Waals surface area (Å²) in [5.41, 5.74) is 0. The molecule has 0 fully saturated rings. The molecule has 0 aliphatic rings. The maximum Gasteiger partial charge on any atom is 0.253 e. The molecule has 1 unspecified atom stereocenters. The highest BCUT2D eigenvalue weighted by molar-refractivity contribution is 5.68. The van der Waals surface area contributed by atoms with Crippen LogP contribution in [-0.4, -0.2) is 21.7 Å². The minimum Gasteiger partial charge on any atom is -0.547 e. The van der Waals surface area contributed by atoms with Crippen LogP contribution in [0.5, 0.6) is 0 Å². The lowest BCUT2D eigenvalue weighted by Gasteiger charge is -2.02. The lowest BCUT2D eigenvalue weighted by Crippen LogP contribution is -2.35. The molecular formula is C20H38N2O3. The highest BCUT2D eigenvalue weighted by Gasteiger charge is 2.07. The van der Waals surface area contributed by atoms with E-state index in [2.05, 4.69) is 42.4 Å². The summed E-state index contributed by atoms with van der Waals surface area (Å²) < 4.78 is 4.56. The van der Waals surface area contributed by atoms with Crippen molar-refractivity contribution in [1.82, 2.24) is 4.57 Å². The number of carboxylic acids is 1. The van der Waals surface area contributed by atoms with Gasteiger partial charge in [-0.2, -0.15) is 0 Å². The van der Waals surface area contributed by atoms with Gasteiger partial charge >= 0.3 is 0 Å². The number of rotatable bonds is 12. The fourth-order valence-corrected chi connectivity index (χ4v) is 2.60. The number of hydrogen-bond donors (Lipinski definition) is 1. The highest BCUT2D eigenvalue weighted by atomic mass is 16.4. The lowest BCUT2D eigenvalue weighted by molar-refractivity contribution is -0.702. The molecule has 1 atom stereocenters. The topological polar surface area (TPSA) is 69.2 Å². The van der Waals surface area contributed by atoms with Crippen molar-refractivity contribution in [3.63, 3.8) is 0 Å². The van der Waals surface area contributed by atoms with Crippen LogP contribution in [0.1, 0.15) is 83.9 Å². The van der Waals surface area contributed by atoms with Crippen molar-refractivity contribution >= 4 is 5.97 Å². The average Bonchev–Trinajstić information content (AvgIpc) is 2.89. The Morgan fingerprint density at radius 2 is 1.56 bits per heavy atom. The van der Waals surface area contributed by atoms with Crippen LogP contribution in [0.25, 0.3) is 0 Å². The number of imidazole rings is 1. The third kappa shape index (κ3) is 12.6. The molecule has 0 aliphatic carbocycles. The molecule has 0 amide bonds. The number of carboxylic acid groups (broad SMARTS) is 1. The molecule has 1 heterocycles. The first kappa shape index (κ1) is 23.6. The largest absolute Gasteiger partial charge is 0.547 e. The summed E-state index contributed by atoms with van der Waals surface area (Å²) in [5.74, 6) is -0.0778. The molecule has 0 aliphatic heterocycles. The number of aliphatic hydroxyl groups excluding tert-OH is 1. The van der Waals surface area contributed by atoms with E-state index in [0.29, 0.717) is 0 Å². The van der Waals surface area contributed by atoms with E-state index in [9.17, 15) is 9.90 Å². The number of aryl methyl sites for hydroxylation is 2. The predicted octanol–water partition coefficient (Wildman–Crippen LogP) is 2.66. The summed E-state index contributed by atoms with van der Waals surface area (Å²) in [6, 6.07) is 0. The number of carbonyl (C=O) groups excluding carboxylic acids is 1. The van der Waals surface area contributed by atoms with E-state index in [0.717, 1.165) is 6.92 Å². The van der Waals surface area contributed by atoms with Gasteiger partial charge in [0.05, 0.1) is 25.7 Å². The smallest absolute Gasteiger partial charge is 0.253 e. The SMILES string of the molecule is CC(O)C(=O)[O-].CCCCCCCCCCCC[n+]1ccn(C)c1C. The van der Waals surface area contributed by atoms with Gasteiger partial charge in [-0.25, -0.2) is 9.13 Å². The van der Waals surface area contributed by atoms with Crippen LogP contribution in [0, 0.1) is 6.92 Å². The maximum atomic E-state index is 9.34. The second-order valence-electron chi connectivity index (χ2n) is 6.83. The van der Waals surface area contributed by atoms with E-state index in [1.54, 1.807) is 0 Å². The van der Waals surface area contributed by atoms with Crippen molar-refractivity contribution in [2.45, 2.75) is 97.6 Å². The zero-order chi connectivity index (χ0) is 19.1. The third-order valence-electron chi connectivity index (χ3n) is 4.49. The maximum absolute atomic E-state index is 9.34. The molecule has 0 saturated heterocycles. The Morgan fingerprint density at radius 3 is 1.92 bits per heavy atom. The van der Waals surface area contributed by atoms with Gasteiger partial charge in [-0.15, -0.1) is 0 Å². The van der Waals surface area contributed by atoms with Crippen molar-refractivity contribution < 1.29 is 19.6 Å². The van der Waals surface area contributed by atoms with Crippen LogP contribution >= 0.6 is 0 Å². The summed E-state index contributed by atoms with van der Waals surface area (Å²) in [4.78, 5) is 9.34. The van der Waals surface area contributed by atoms with Crippen molar-refractivity contribution in [2.24, 2.45) is 7.05 Å². The second kappa shape index (κ2) is 14.9. The van der Waals surface area contributed by atoms with Crippen molar-refractivity contribution in [1.29, 1.82) is 0 Å². The van der Waals surface area contributed by atoms with Gasteiger partial charge in [0.2, 0.25) is 0 Å². The molecule has 146 valence electrons. The summed E-state index contributed by atoms with van der Waals surface area (Å²) in [6.07, 6.45) is 17.1. The summed E-state index contributed by atoms with van der Waals surface area (Å²) in [5, 5.41) is 17.3. The Balaban J connectivity index is 0.000000823. The molecule has 1 N–H and O–H groups in total. The normalized spacial score (nSPS) is 11.7. The van der Waals surface area contributed by atoms with Crippen LogP contribution in [0.15, 0.2) is 12.4 Å². The molecule has 0 bridgehead atoms. The number of hydrogen-bond acceptors (Lipinski definition) is 3. The van der Waals surface area contributed by atoms with E-state index in [1.165, 1.54) is 76.6 Å². The molecule has 0 radical (unpaired) electrons. The van der Waals surface area contributed by atoms with Gasteiger partial charge in [0, 0.05) is 6.92 Å². The summed E-state index contributed by atoms with van der Waals surface area (Å²) in [6.45, 7) is 6.79. The fraction of sp³-hybridized carbons (Fsp3) is 0.800. The lowest BCUT2D eigenvalue weighted by atomic mass is 10.1. The van der Waals surface area contributed by atoms with Crippen LogP contribution in [0.2, 0.25) is 0 Å². The van der Waals surface area contributed by atoms with Gasteiger partial charge < -0.3 is 15.0 Å². The van der Waals surface area contributed by atoms with Gasteiger partial charge in [0.1, 0.15) is 12.4 Å². The van der Waals surface area contributed by atoms with Crippen molar-refractivity contribution in [3.05, 3.63) is 18.2 Å². The Morgan fingerprint density at radius 1 is 1.12 bits per heavy atom. The predicted molar refractivity (Wildman–Crippen MR) is 98.9 cm³/mol. The zero-order valence-corrected chi connectivity index (χ0v) is 16.7. The van der Waals surface area contributed by atoms with Gasteiger partial charge in [-0.3, -0.25) is 0 Å². The van der Waals surface area contributed by atoms with Crippen LogP contribution in [-0.2, 0) is 18.4 Å². The van der Waals surface area contributed by atoms with Crippen LogP contribution < -0.4 is 9.67 Å².